The molecular weight excluding hydrogens is 428 g/mol. The molecule has 1 aromatic heterocycles. The summed E-state index contributed by atoms with van der Waals surface area (Å²) in [5, 5.41) is 12.0. The summed E-state index contributed by atoms with van der Waals surface area (Å²) >= 11 is 1.28. The van der Waals surface area contributed by atoms with Crippen LogP contribution in [0.3, 0.4) is 0 Å². The van der Waals surface area contributed by atoms with Gasteiger partial charge in [-0.05, 0) is 66.8 Å². The van der Waals surface area contributed by atoms with Crippen LogP contribution in [0.4, 0.5) is 0 Å². The second kappa shape index (κ2) is 8.79. The van der Waals surface area contributed by atoms with Gasteiger partial charge in [0.2, 0.25) is 0 Å². The van der Waals surface area contributed by atoms with E-state index in [4.69, 9.17) is 0 Å². The Morgan fingerprint density at radius 2 is 1.87 bits per heavy atom. The molecule has 0 radical (unpaired) electrons. The van der Waals surface area contributed by atoms with E-state index in [0.717, 1.165) is 32.2 Å². The molecule has 3 atom stereocenters. The van der Waals surface area contributed by atoms with Crippen molar-refractivity contribution in [2.45, 2.75) is 54.3 Å². The first-order chi connectivity index (χ1) is 15.1. The first kappa shape index (κ1) is 21.3. The summed E-state index contributed by atoms with van der Waals surface area (Å²) in [5.41, 5.74) is 3.92. The van der Waals surface area contributed by atoms with Gasteiger partial charge in [0.1, 0.15) is 4.21 Å². The third kappa shape index (κ3) is 3.91. The molecule has 0 bridgehead atoms. The molecule has 1 aliphatic carbocycles. The van der Waals surface area contributed by atoms with Gasteiger partial charge >= 0.3 is 0 Å². The summed E-state index contributed by atoms with van der Waals surface area (Å²) in [4.78, 5) is 2.33. The second-order valence-corrected chi connectivity index (χ2v) is 11.9. The lowest BCUT2D eigenvalue weighted by atomic mass is 9.74. The first-order valence-electron chi connectivity index (χ1n) is 11.3. The lowest BCUT2D eigenvalue weighted by molar-refractivity contribution is -0.0553. The average Bonchev–Trinajstić information content (AvgIpc) is 3.47. The highest BCUT2D eigenvalue weighted by molar-refractivity contribution is 7.91. The number of aliphatic hydroxyl groups excluding tert-OH is 1. The molecule has 0 saturated carbocycles. The van der Waals surface area contributed by atoms with Crippen LogP contribution in [0.5, 0.6) is 0 Å². The number of sulfonamides is 1. The molecule has 31 heavy (non-hydrogen) atoms. The van der Waals surface area contributed by atoms with Gasteiger partial charge in [-0.1, -0.05) is 36.4 Å². The highest BCUT2D eigenvalue weighted by atomic mass is 32.2. The van der Waals surface area contributed by atoms with Crippen molar-refractivity contribution in [1.29, 1.82) is 0 Å². The van der Waals surface area contributed by atoms with Gasteiger partial charge in [-0.15, -0.1) is 11.3 Å². The van der Waals surface area contributed by atoms with Crippen molar-refractivity contribution in [1.82, 2.24) is 9.21 Å². The number of rotatable bonds is 5. The van der Waals surface area contributed by atoms with Crippen molar-refractivity contribution >= 4 is 26.9 Å². The molecule has 7 heteroatoms. The van der Waals surface area contributed by atoms with Gasteiger partial charge in [-0.2, -0.15) is 4.31 Å². The number of hydrogen-bond acceptors (Lipinski definition) is 5. The van der Waals surface area contributed by atoms with Crippen LogP contribution < -0.4 is 0 Å². The van der Waals surface area contributed by atoms with E-state index in [1.165, 1.54) is 34.5 Å². The molecule has 5 nitrogen and oxygen atoms in total. The summed E-state index contributed by atoms with van der Waals surface area (Å²) in [5.74, 6) is 0.149. The van der Waals surface area contributed by atoms with E-state index in [0.29, 0.717) is 17.3 Å². The van der Waals surface area contributed by atoms with Crippen molar-refractivity contribution < 1.29 is 13.5 Å². The number of aliphatic hydroxyl groups is 1. The van der Waals surface area contributed by atoms with E-state index in [1.807, 2.05) is 5.38 Å². The summed E-state index contributed by atoms with van der Waals surface area (Å²) in [6.45, 7) is 2.07. The Kier molecular flexibility index (Phi) is 6.05. The molecule has 3 aliphatic rings. The largest absolute Gasteiger partial charge is 0.395 e. The Morgan fingerprint density at radius 3 is 2.55 bits per heavy atom. The van der Waals surface area contributed by atoms with Gasteiger partial charge in [-0.3, -0.25) is 4.90 Å². The summed E-state index contributed by atoms with van der Waals surface area (Å²) in [7, 11) is -3.47. The van der Waals surface area contributed by atoms with E-state index >= 15 is 0 Å². The van der Waals surface area contributed by atoms with Crippen LogP contribution >= 0.6 is 11.3 Å². The zero-order chi connectivity index (χ0) is 21.4. The fourth-order valence-corrected chi connectivity index (χ4v) is 8.16. The fourth-order valence-electron chi connectivity index (χ4n) is 5.52. The van der Waals surface area contributed by atoms with Crippen LogP contribution in [-0.4, -0.2) is 61.1 Å². The predicted octanol–water partition coefficient (Wildman–Crippen LogP) is 3.93. The minimum Gasteiger partial charge on any atom is -0.395 e. The Morgan fingerprint density at radius 1 is 1.06 bits per heavy atom. The van der Waals surface area contributed by atoms with Crippen molar-refractivity contribution in [2.75, 3.05) is 26.2 Å². The smallest absolute Gasteiger partial charge is 0.252 e. The van der Waals surface area contributed by atoms with E-state index in [9.17, 15) is 13.5 Å². The average molecular weight is 459 g/mol. The summed E-state index contributed by atoms with van der Waals surface area (Å²) in [6.07, 6.45) is 7.67. The summed E-state index contributed by atoms with van der Waals surface area (Å²) < 4.78 is 28.6. The standard InChI is InChI=1S/C24H30N2O3S2/c27-17-22-24(20-11-9-19(10-12-20)18-6-1-2-7-18)21-16-25(13-3-4-14-26(21)22)31(28,29)23-8-5-15-30-23/h5-6,8-12,15,21-22,24,27H,1-4,7,13-14,16-17H2/t21-,22-,24-/m0/s1. The zero-order valence-electron chi connectivity index (χ0n) is 17.7. The van der Waals surface area contributed by atoms with Gasteiger partial charge in [0, 0.05) is 31.1 Å². The van der Waals surface area contributed by atoms with Gasteiger partial charge in [0.15, 0.2) is 0 Å². The Labute approximate surface area is 189 Å². The Bertz CT molecular complexity index is 1030. The van der Waals surface area contributed by atoms with Gasteiger partial charge in [0.05, 0.1) is 6.61 Å². The van der Waals surface area contributed by atoms with E-state index in [1.54, 1.807) is 16.4 Å². The molecule has 2 saturated heterocycles. The number of benzene rings is 1. The molecule has 1 N–H and O–H groups in total. The third-order valence-corrected chi connectivity index (χ3v) is 10.4. The molecule has 0 spiro atoms. The van der Waals surface area contributed by atoms with Crippen LogP contribution in [0, 0.1) is 0 Å². The number of nitrogens with zero attached hydrogens (tertiary/aromatic N) is 2. The number of thiophene rings is 1. The minimum absolute atomic E-state index is 0.0611. The van der Waals surface area contributed by atoms with Crippen molar-refractivity contribution in [3.05, 3.63) is 59.0 Å². The van der Waals surface area contributed by atoms with Gasteiger partial charge < -0.3 is 5.11 Å². The SMILES string of the molecule is O=S(=O)(c1cccs1)N1CCCCN2[C@@H](CO)[C@@H](c3ccc(C4=CCCC4)cc3)[C@@H]2C1. The lowest BCUT2D eigenvalue weighted by Gasteiger charge is -2.57. The quantitative estimate of drug-likeness (QED) is 0.738. The molecule has 0 amide bonds. The molecule has 1 aromatic carbocycles. The summed E-state index contributed by atoms with van der Waals surface area (Å²) in [6, 6.07) is 12.4. The highest BCUT2D eigenvalue weighted by Gasteiger charge is 2.50. The van der Waals surface area contributed by atoms with Crippen LogP contribution in [0.1, 0.15) is 49.1 Å². The van der Waals surface area contributed by atoms with E-state index in [2.05, 4.69) is 35.2 Å². The molecule has 2 fully saturated rings. The molecule has 5 rings (SSSR count). The Hall–Kier alpha value is -1.51. The predicted molar refractivity (Wildman–Crippen MR) is 125 cm³/mol. The normalized spacial score (nSPS) is 27.8. The van der Waals surface area contributed by atoms with Crippen LogP contribution in [-0.2, 0) is 10.0 Å². The molecule has 166 valence electrons. The van der Waals surface area contributed by atoms with Gasteiger partial charge in [-0.25, -0.2) is 8.42 Å². The molecule has 0 unspecified atom stereocenters. The van der Waals surface area contributed by atoms with Gasteiger partial charge in [0.25, 0.3) is 10.0 Å². The molecular formula is C24H30N2O3S2. The van der Waals surface area contributed by atoms with Crippen molar-refractivity contribution in [2.24, 2.45) is 0 Å². The maximum atomic E-state index is 13.2. The third-order valence-electron chi connectivity index (χ3n) is 7.13. The highest BCUT2D eigenvalue weighted by Crippen LogP contribution is 2.43. The van der Waals surface area contributed by atoms with Crippen LogP contribution in [0.2, 0.25) is 0 Å². The van der Waals surface area contributed by atoms with E-state index in [-0.39, 0.29) is 24.6 Å². The van der Waals surface area contributed by atoms with Crippen molar-refractivity contribution in [3.63, 3.8) is 0 Å². The first-order valence-corrected chi connectivity index (χ1v) is 13.6. The zero-order valence-corrected chi connectivity index (χ0v) is 19.3. The van der Waals surface area contributed by atoms with Crippen LogP contribution in [0.25, 0.3) is 5.57 Å². The Balaban J connectivity index is 1.41. The lowest BCUT2D eigenvalue weighted by Crippen LogP contribution is -2.67. The number of hydrogen-bond donors (Lipinski definition) is 1. The topological polar surface area (TPSA) is 60.9 Å². The second-order valence-electron chi connectivity index (χ2n) is 8.83. The maximum Gasteiger partial charge on any atom is 0.252 e. The van der Waals surface area contributed by atoms with Crippen molar-refractivity contribution in [3.8, 4) is 0 Å². The van der Waals surface area contributed by atoms with Crippen LogP contribution in [0.15, 0.2) is 52.1 Å². The molecule has 2 aromatic rings. The number of fused-ring (bicyclic) bond motifs is 1. The fraction of sp³-hybridized carbons (Fsp3) is 0.500. The number of allylic oxidation sites excluding steroid dienone is 2. The maximum absolute atomic E-state index is 13.2. The van der Waals surface area contributed by atoms with E-state index < -0.39 is 10.0 Å². The monoisotopic (exact) mass is 458 g/mol. The molecule has 3 heterocycles. The minimum atomic E-state index is -3.47. The molecule has 2 aliphatic heterocycles.